The zero-order chi connectivity index (χ0) is 26.3. The molecule has 4 aromatic rings. The molecule has 0 radical (unpaired) electrons. The first-order valence-electron chi connectivity index (χ1n) is 12.8. The van der Waals surface area contributed by atoms with Crippen LogP contribution in [0, 0.1) is 0 Å². The van der Waals surface area contributed by atoms with E-state index in [0.29, 0.717) is 29.0 Å². The van der Waals surface area contributed by atoms with Crippen molar-refractivity contribution in [2.75, 3.05) is 54.4 Å². The molecule has 10 heteroatoms. The van der Waals surface area contributed by atoms with E-state index in [9.17, 15) is 4.21 Å². The van der Waals surface area contributed by atoms with Crippen molar-refractivity contribution in [3.63, 3.8) is 0 Å². The number of nitrogens with zero attached hydrogens (tertiary/aromatic N) is 5. The number of aromatic nitrogens is 3. The average Bonchev–Trinajstić information content (AvgIpc) is 3.22. The topological polar surface area (TPSA) is 95.5 Å². The molecule has 0 amide bonds. The highest BCUT2D eigenvalue weighted by Gasteiger charge is 2.40. The minimum atomic E-state index is -1.49. The van der Waals surface area contributed by atoms with E-state index >= 15 is 0 Å². The molecular formula is C28H31N7O2S. The molecule has 1 saturated heterocycles. The molecule has 2 aliphatic rings. The highest BCUT2D eigenvalue weighted by molar-refractivity contribution is 7.86. The van der Waals surface area contributed by atoms with E-state index in [1.165, 1.54) is 0 Å². The van der Waals surface area contributed by atoms with Gasteiger partial charge >= 0.3 is 0 Å². The van der Waals surface area contributed by atoms with Crippen molar-refractivity contribution in [2.24, 2.45) is 0 Å². The standard InChI is InChI=1S/C28H31N7O2S/c1-28(2)18-35(38(36)24-8-4-6-19-7-5-11-30-25(19)24)26-21(28)17-31-27(33-26)32-22-10-9-20(16-23(22)37-3)34-14-12-29-13-15-34/h4-11,16-17,29H,12-15,18H2,1-3H3,(H,31,32,33). The lowest BCUT2D eigenvalue weighted by Crippen LogP contribution is -2.43. The average molecular weight is 530 g/mol. The largest absolute Gasteiger partial charge is 0.494 e. The molecule has 2 aliphatic heterocycles. The van der Waals surface area contributed by atoms with Crippen molar-refractivity contribution in [1.82, 2.24) is 20.3 Å². The number of pyridine rings is 1. The van der Waals surface area contributed by atoms with E-state index in [2.05, 4.69) is 45.4 Å². The number of fused-ring (bicyclic) bond motifs is 2. The van der Waals surface area contributed by atoms with Crippen molar-refractivity contribution in [2.45, 2.75) is 24.2 Å². The molecule has 9 nitrogen and oxygen atoms in total. The SMILES string of the molecule is COc1cc(N2CCNCC2)ccc1Nc1ncc2c(n1)N(S(=O)c1cccc3cccnc13)CC2(C)C. The van der Waals surface area contributed by atoms with Crippen molar-refractivity contribution < 1.29 is 8.95 Å². The molecule has 0 saturated carbocycles. The van der Waals surface area contributed by atoms with Crippen LogP contribution >= 0.6 is 0 Å². The predicted molar refractivity (Wildman–Crippen MR) is 152 cm³/mol. The maximum atomic E-state index is 14.0. The zero-order valence-corrected chi connectivity index (χ0v) is 22.6. The molecule has 0 aliphatic carbocycles. The summed E-state index contributed by atoms with van der Waals surface area (Å²) in [4.78, 5) is 17.0. The highest BCUT2D eigenvalue weighted by Crippen LogP contribution is 2.42. The van der Waals surface area contributed by atoms with Crippen LogP contribution in [0.4, 0.5) is 23.1 Å². The first kappa shape index (κ1) is 24.6. The summed E-state index contributed by atoms with van der Waals surface area (Å²) >= 11 is 0. The van der Waals surface area contributed by atoms with Crippen LogP contribution in [0.25, 0.3) is 10.9 Å². The second-order valence-electron chi connectivity index (χ2n) is 10.2. The Kier molecular flexibility index (Phi) is 6.37. The Morgan fingerprint density at radius 1 is 1.08 bits per heavy atom. The predicted octanol–water partition coefficient (Wildman–Crippen LogP) is 4.01. The molecule has 1 atom stereocenters. The summed E-state index contributed by atoms with van der Waals surface area (Å²) in [5, 5.41) is 7.66. The molecular weight excluding hydrogens is 498 g/mol. The van der Waals surface area contributed by atoms with Gasteiger partial charge in [0, 0.05) is 73.2 Å². The number of methoxy groups -OCH3 is 1. The van der Waals surface area contributed by atoms with Crippen LogP contribution < -0.4 is 24.6 Å². The van der Waals surface area contributed by atoms with Crippen LogP contribution in [0.15, 0.2) is 65.8 Å². The number of anilines is 4. The van der Waals surface area contributed by atoms with Gasteiger partial charge in [0.2, 0.25) is 5.95 Å². The Balaban J connectivity index is 1.32. The molecule has 2 aromatic carbocycles. The van der Waals surface area contributed by atoms with E-state index in [4.69, 9.17) is 9.72 Å². The van der Waals surface area contributed by atoms with Gasteiger partial charge in [0.15, 0.2) is 11.0 Å². The van der Waals surface area contributed by atoms with Crippen molar-refractivity contribution >= 4 is 45.0 Å². The molecule has 0 bridgehead atoms. The molecule has 4 heterocycles. The Labute approximate surface area is 224 Å². The molecule has 0 spiro atoms. The first-order chi connectivity index (χ1) is 18.4. The summed E-state index contributed by atoms with van der Waals surface area (Å²) in [7, 11) is 0.173. The summed E-state index contributed by atoms with van der Waals surface area (Å²) in [5.41, 5.74) is 3.33. The smallest absolute Gasteiger partial charge is 0.229 e. The minimum absolute atomic E-state index is 0.260. The third kappa shape index (κ3) is 4.43. The van der Waals surface area contributed by atoms with Crippen LogP contribution in [0.5, 0.6) is 5.75 Å². The molecule has 6 rings (SSSR count). The van der Waals surface area contributed by atoms with E-state index in [1.807, 2.05) is 53.0 Å². The van der Waals surface area contributed by atoms with Gasteiger partial charge in [-0.3, -0.25) is 9.29 Å². The number of piperazine rings is 1. The lowest BCUT2D eigenvalue weighted by molar-refractivity contribution is 0.416. The van der Waals surface area contributed by atoms with Crippen LogP contribution in [0.1, 0.15) is 19.4 Å². The molecule has 2 N–H and O–H groups in total. The molecule has 38 heavy (non-hydrogen) atoms. The van der Waals surface area contributed by atoms with Gasteiger partial charge in [-0.25, -0.2) is 9.19 Å². The zero-order valence-electron chi connectivity index (χ0n) is 21.8. The Morgan fingerprint density at radius 3 is 2.71 bits per heavy atom. The number of rotatable bonds is 6. The maximum Gasteiger partial charge on any atom is 0.229 e. The molecule has 1 fully saturated rings. The third-order valence-corrected chi connectivity index (χ3v) is 8.58. The maximum absolute atomic E-state index is 14.0. The number of hydrogen-bond acceptors (Lipinski definition) is 8. The van der Waals surface area contributed by atoms with E-state index in [0.717, 1.165) is 54.0 Å². The number of benzene rings is 2. The van der Waals surface area contributed by atoms with Gasteiger partial charge in [-0.2, -0.15) is 4.98 Å². The molecule has 2 aromatic heterocycles. The number of ether oxygens (including phenoxy) is 1. The first-order valence-corrected chi connectivity index (χ1v) is 13.9. The summed E-state index contributed by atoms with van der Waals surface area (Å²) in [6.45, 7) is 8.65. The number of hydrogen-bond donors (Lipinski definition) is 2. The molecule has 1 unspecified atom stereocenters. The van der Waals surface area contributed by atoms with Gasteiger partial charge in [-0.05, 0) is 24.3 Å². The highest BCUT2D eigenvalue weighted by atomic mass is 32.2. The van der Waals surface area contributed by atoms with Crippen molar-refractivity contribution in [3.05, 3.63) is 66.5 Å². The Bertz CT molecular complexity index is 1520. The fourth-order valence-electron chi connectivity index (χ4n) is 5.12. The Morgan fingerprint density at radius 2 is 1.89 bits per heavy atom. The fourth-order valence-corrected chi connectivity index (χ4v) is 6.62. The van der Waals surface area contributed by atoms with Crippen LogP contribution in [0.3, 0.4) is 0 Å². The lowest BCUT2D eigenvalue weighted by atomic mass is 9.89. The summed E-state index contributed by atoms with van der Waals surface area (Å²) < 4.78 is 21.5. The normalized spacial score (nSPS) is 17.3. The minimum Gasteiger partial charge on any atom is -0.494 e. The van der Waals surface area contributed by atoms with E-state index in [1.54, 1.807) is 13.3 Å². The van der Waals surface area contributed by atoms with Gasteiger partial charge in [-0.1, -0.05) is 32.0 Å². The van der Waals surface area contributed by atoms with Crippen LogP contribution in [-0.2, 0) is 16.4 Å². The Hall–Kier alpha value is -3.76. The van der Waals surface area contributed by atoms with Crippen molar-refractivity contribution in [3.8, 4) is 5.75 Å². The summed E-state index contributed by atoms with van der Waals surface area (Å²) in [5.74, 6) is 1.80. The van der Waals surface area contributed by atoms with E-state index in [-0.39, 0.29) is 5.41 Å². The third-order valence-electron chi connectivity index (χ3n) is 7.17. The summed E-state index contributed by atoms with van der Waals surface area (Å²) in [6, 6.07) is 15.8. The fraction of sp³-hybridized carbons (Fsp3) is 0.321. The van der Waals surface area contributed by atoms with Gasteiger partial charge in [-0.15, -0.1) is 0 Å². The van der Waals surface area contributed by atoms with Crippen molar-refractivity contribution in [1.29, 1.82) is 0 Å². The van der Waals surface area contributed by atoms with Gasteiger partial charge in [0.05, 0.1) is 23.2 Å². The van der Waals surface area contributed by atoms with Gasteiger partial charge in [0.25, 0.3) is 0 Å². The lowest BCUT2D eigenvalue weighted by Gasteiger charge is -2.30. The van der Waals surface area contributed by atoms with E-state index < -0.39 is 11.0 Å². The number of nitrogens with one attached hydrogen (secondary N) is 2. The quantitative estimate of drug-likeness (QED) is 0.387. The second kappa shape index (κ2) is 9.85. The van der Waals surface area contributed by atoms with Crippen LogP contribution in [-0.4, -0.2) is 59.0 Å². The van der Waals surface area contributed by atoms with Crippen LogP contribution in [0.2, 0.25) is 0 Å². The molecule has 196 valence electrons. The van der Waals surface area contributed by atoms with Gasteiger partial charge < -0.3 is 20.3 Å². The second-order valence-corrected chi connectivity index (χ2v) is 11.6. The number of para-hydroxylation sites is 1. The van der Waals surface area contributed by atoms with Gasteiger partial charge in [0.1, 0.15) is 11.6 Å². The monoisotopic (exact) mass is 529 g/mol. The summed E-state index contributed by atoms with van der Waals surface area (Å²) in [6.07, 6.45) is 3.57.